The minimum atomic E-state index is -4.92. The van der Waals surface area contributed by atoms with E-state index in [1.54, 1.807) is 12.1 Å². The molecule has 5 rings (SSSR count). The van der Waals surface area contributed by atoms with Crippen LogP contribution in [0.4, 0.5) is 34.8 Å². The number of carbonyl (C=O) groups excluding carboxylic acids is 2. The van der Waals surface area contributed by atoms with Crippen molar-refractivity contribution in [2.75, 3.05) is 68.1 Å². The molecule has 0 radical (unpaired) electrons. The monoisotopic (exact) mass is 574 g/mol. The Morgan fingerprint density at radius 2 is 1.85 bits per heavy atom. The number of hydrogen-bond acceptors (Lipinski definition) is 7. The normalized spacial score (nSPS) is 22.1. The zero-order valence-corrected chi connectivity index (χ0v) is 22.6. The quantitative estimate of drug-likeness (QED) is 0.547. The highest BCUT2D eigenvalue weighted by Crippen LogP contribution is 2.37. The molecule has 4 heterocycles. The highest BCUT2D eigenvalue weighted by atomic mass is 19.4. The maximum absolute atomic E-state index is 15.6. The number of likely N-dealkylation sites (N-methyl/N-ethyl adjacent to an activating group) is 1. The number of morpholine rings is 1. The van der Waals surface area contributed by atoms with Crippen molar-refractivity contribution in [2.24, 2.45) is 10.9 Å². The van der Waals surface area contributed by atoms with E-state index in [0.29, 0.717) is 75.3 Å². The number of halogens is 4. The maximum Gasteiger partial charge on any atom is 0.414 e. The van der Waals surface area contributed by atoms with Gasteiger partial charge in [-0.1, -0.05) is 0 Å². The second kappa shape index (κ2) is 11.6. The fourth-order valence-corrected chi connectivity index (χ4v) is 5.10. The summed E-state index contributed by atoms with van der Waals surface area (Å²) in [6.45, 7) is 6.23. The average molecular weight is 575 g/mol. The molecule has 218 valence electrons. The fraction of sp³-hybridized carbons (Fsp3) is 0.429. The van der Waals surface area contributed by atoms with Gasteiger partial charge in [0.1, 0.15) is 17.6 Å². The van der Waals surface area contributed by atoms with E-state index in [-0.39, 0.29) is 17.3 Å². The number of benzene rings is 1. The number of amides is 2. The van der Waals surface area contributed by atoms with Crippen molar-refractivity contribution in [1.82, 2.24) is 9.88 Å². The second-order valence-corrected chi connectivity index (χ2v) is 10.3. The Kier molecular flexibility index (Phi) is 8.09. The number of alkyl halides is 3. The average Bonchev–Trinajstić information content (AvgIpc) is 2.95. The molecule has 1 N–H and O–H groups in total. The number of pyridine rings is 1. The summed E-state index contributed by atoms with van der Waals surface area (Å²) in [6, 6.07) is 6.30. The van der Waals surface area contributed by atoms with Crippen LogP contribution in [0.1, 0.15) is 6.92 Å². The van der Waals surface area contributed by atoms with Gasteiger partial charge in [-0.2, -0.15) is 13.2 Å². The molecule has 2 fully saturated rings. The number of nitrogens with one attached hydrogen (secondary N) is 1. The third-order valence-electron chi connectivity index (χ3n) is 7.61. The third kappa shape index (κ3) is 6.25. The standard InChI is InChI=1S/C28H30F4N6O3/c1-17-16-38(6-5-36(17)2)24-13-22(29)19(18-3-4-25(33-14-18)37-7-9-41-10-8-37)11-23(24)35-27(40)20-15-34-26(39)12-21(20)28(30,31)32/h3-4,11-15,17,20H,5-10,16H2,1-2H3,(H,35,40)/t17-,20?/m0/s1. The Morgan fingerprint density at radius 1 is 1.10 bits per heavy atom. The summed E-state index contributed by atoms with van der Waals surface area (Å²) >= 11 is 0. The van der Waals surface area contributed by atoms with E-state index in [4.69, 9.17) is 4.74 Å². The van der Waals surface area contributed by atoms with Crippen LogP contribution < -0.4 is 15.1 Å². The molecule has 3 aliphatic heterocycles. The van der Waals surface area contributed by atoms with Gasteiger partial charge in [-0.15, -0.1) is 0 Å². The van der Waals surface area contributed by atoms with Crippen LogP contribution in [-0.2, 0) is 14.3 Å². The Morgan fingerprint density at radius 3 is 2.51 bits per heavy atom. The van der Waals surface area contributed by atoms with Gasteiger partial charge in [0.2, 0.25) is 5.91 Å². The summed E-state index contributed by atoms with van der Waals surface area (Å²) in [5, 5.41) is 2.57. The number of aromatic nitrogens is 1. The number of piperazine rings is 1. The topological polar surface area (TPSA) is 90.4 Å². The molecular weight excluding hydrogens is 544 g/mol. The number of rotatable bonds is 5. The molecule has 1 unspecified atom stereocenters. The van der Waals surface area contributed by atoms with E-state index in [2.05, 4.69) is 25.1 Å². The van der Waals surface area contributed by atoms with Crippen LogP contribution in [0.25, 0.3) is 11.1 Å². The van der Waals surface area contributed by atoms with Gasteiger partial charge < -0.3 is 24.8 Å². The van der Waals surface area contributed by atoms with Gasteiger partial charge in [0.25, 0.3) is 5.91 Å². The Balaban J connectivity index is 1.50. The molecule has 13 heteroatoms. The predicted octanol–water partition coefficient (Wildman–Crippen LogP) is 3.52. The molecule has 0 bridgehead atoms. The first-order valence-corrected chi connectivity index (χ1v) is 13.3. The van der Waals surface area contributed by atoms with Crippen molar-refractivity contribution in [3.63, 3.8) is 0 Å². The van der Waals surface area contributed by atoms with Crippen LogP contribution in [-0.4, -0.2) is 93.1 Å². The molecular formula is C28H30F4N6O3. The number of carbonyl (C=O) groups is 2. The molecule has 1 aromatic heterocycles. The van der Waals surface area contributed by atoms with E-state index in [1.165, 1.54) is 18.3 Å². The molecule has 0 aliphatic carbocycles. The van der Waals surface area contributed by atoms with Crippen LogP contribution in [0.3, 0.4) is 0 Å². The largest absolute Gasteiger partial charge is 0.414 e. The minimum absolute atomic E-state index is 0.114. The number of anilines is 3. The van der Waals surface area contributed by atoms with E-state index >= 15 is 4.39 Å². The summed E-state index contributed by atoms with van der Waals surface area (Å²) in [6.07, 6.45) is -2.38. The molecule has 41 heavy (non-hydrogen) atoms. The van der Waals surface area contributed by atoms with E-state index in [0.717, 1.165) is 0 Å². The van der Waals surface area contributed by atoms with Gasteiger partial charge in [-0.3, -0.25) is 9.59 Å². The van der Waals surface area contributed by atoms with Gasteiger partial charge in [-0.05, 0) is 38.2 Å². The minimum Gasteiger partial charge on any atom is -0.378 e. The molecule has 2 amide bonds. The van der Waals surface area contributed by atoms with Crippen LogP contribution in [0.15, 0.2) is 47.1 Å². The summed E-state index contributed by atoms with van der Waals surface area (Å²) in [7, 11) is 1.97. The number of ether oxygens (including phenoxy) is 1. The SMILES string of the molecule is C[C@H]1CN(c2cc(F)c(-c3ccc(N4CCOCC4)nc3)cc2NC(=O)C2C=NC(=O)C=C2C(F)(F)F)CCN1C. The van der Waals surface area contributed by atoms with Gasteiger partial charge in [0, 0.05) is 68.4 Å². The van der Waals surface area contributed by atoms with Crippen LogP contribution in [0.5, 0.6) is 0 Å². The molecule has 1 aromatic carbocycles. The van der Waals surface area contributed by atoms with Crippen molar-refractivity contribution in [3.8, 4) is 11.1 Å². The maximum atomic E-state index is 15.6. The van der Waals surface area contributed by atoms with Crippen molar-refractivity contribution in [3.05, 3.63) is 47.9 Å². The van der Waals surface area contributed by atoms with E-state index in [1.807, 2.05) is 18.9 Å². The van der Waals surface area contributed by atoms with Gasteiger partial charge in [0.05, 0.1) is 30.2 Å². The molecule has 3 aliphatic rings. The molecule has 2 atom stereocenters. The van der Waals surface area contributed by atoms with Crippen molar-refractivity contribution in [1.29, 1.82) is 0 Å². The zero-order valence-electron chi connectivity index (χ0n) is 22.6. The zero-order chi connectivity index (χ0) is 29.3. The second-order valence-electron chi connectivity index (χ2n) is 10.3. The number of dihydropyridines is 1. The first-order chi connectivity index (χ1) is 19.5. The van der Waals surface area contributed by atoms with Gasteiger partial charge in [-0.25, -0.2) is 14.4 Å². The van der Waals surface area contributed by atoms with Gasteiger partial charge >= 0.3 is 6.18 Å². The third-order valence-corrected chi connectivity index (χ3v) is 7.61. The highest BCUT2D eigenvalue weighted by Gasteiger charge is 2.43. The molecule has 2 saturated heterocycles. The number of nitrogens with zero attached hydrogens (tertiary/aromatic N) is 5. The van der Waals surface area contributed by atoms with Crippen LogP contribution >= 0.6 is 0 Å². The molecule has 9 nitrogen and oxygen atoms in total. The number of aliphatic imine (C=N–C) groups is 1. The lowest BCUT2D eigenvalue weighted by molar-refractivity contribution is -0.124. The molecule has 2 aromatic rings. The summed E-state index contributed by atoms with van der Waals surface area (Å²) in [5.41, 5.74) is -0.249. The fourth-order valence-electron chi connectivity index (χ4n) is 5.10. The molecule has 0 spiro atoms. The Bertz CT molecular complexity index is 1370. The molecule has 0 saturated carbocycles. The predicted molar refractivity (Wildman–Crippen MR) is 147 cm³/mol. The van der Waals surface area contributed by atoms with E-state index in [9.17, 15) is 22.8 Å². The lowest BCUT2D eigenvalue weighted by Gasteiger charge is -2.40. The van der Waals surface area contributed by atoms with Crippen molar-refractivity contribution >= 4 is 35.2 Å². The summed E-state index contributed by atoms with van der Waals surface area (Å²) in [4.78, 5) is 38.7. The van der Waals surface area contributed by atoms with Gasteiger partial charge in [0.15, 0.2) is 0 Å². The van der Waals surface area contributed by atoms with Crippen molar-refractivity contribution < 1.29 is 31.9 Å². The lowest BCUT2D eigenvalue weighted by atomic mass is 9.95. The highest BCUT2D eigenvalue weighted by molar-refractivity contribution is 6.11. The first-order valence-electron chi connectivity index (χ1n) is 13.3. The Hall–Kier alpha value is -3.84. The smallest absolute Gasteiger partial charge is 0.378 e. The lowest BCUT2D eigenvalue weighted by Crippen LogP contribution is -2.50. The number of hydrogen-bond donors (Lipinski definition) is 1. The summed E-state index contributed by atoms with van der Waals surface area (Å²) in [5.74, 6) is -3.81. The van der Waals surface area contributed by atoms with Crippen LogP contribution in [0.2, 0.25) is 0 Å². The summed E-state index contributed by atoms with van der Waals surface area (Å²) < 4.78 is 62.0. The van der Waals surface area contributed by atoms with E-state index < -0.39 is 35.3 Å². The van der Waals surface area contributed by atoms with Crippen LogP contribution in [0, 0.1) is 11.7 Å². The Labute approximate surface area is 234 Å². The first kappa shape index (κ1) is 28.7. The van der Waals surface area contributed by atoms with Crippen molar-refractivity contribution in [2.45, 2.75) is 19.1 Å².